The standard InChI is InChI=1S/C12H14ClN3OS/c1-18-5-4-10(15)12(17)16-11-3-2-8(7-14)6-9(11)13/h2-3,6,10H,4-5,15H2,1H3,(H,16,17)/t10-/m1/s1. The van der Waals surface area contributed by atoms with Crippen LogP contribution in [0, 0.1) is 11.3 Å². The topological polar surface area (TPSA) is 78.9 Å². The van der Waals surface area contributed by atoms with E-state index in [1.165, 1.54) is 6.07 Å². The van der Waals surface area contributed by atoms with Crippen LogP contribution in [0.15, 0.2) is 18.2 Å². The van der Waals surface area contributed by atoms with Gasteiger partial charge in [-0.1, -0.05) is 11.6 Å². The molecule has 0 aliphatic carbocycles. The summed E-state index contributed by atoms with van der Waals surface area (Å²) in [6, 6.07) is 6.12. The molecule has 3 N–H and O–H groups in total. The summed E-state index contributed by atoms with van der Waals surface area (Å²) in [5, 5.41) is 11.7. The fraction of sp³-hybridized carbons (Fsp3) is 0.333. The fourth-order valence-corrected chi connectivity index (χ4v) is 2.00. The summed E-state index contributed by atoms with van der Waals surface area (Å²) in [7, 11) is 0. The first-order valence-electron chi connectivity index (χ1n) is 5.33. The molecule has 0 aromatic heterocycles. The first-order valence-corrected chi connectivity index (χ1v) is 7.10. The minimum atomic E-state index is -0.552. The van der Waals surface area contributed by atoms with E-state index in [4.69, 9.17) is 22.6 Å². The third-order valence-corrected chi connectivity index (χ3v) is 3.28. The van der Waals surface area contributed by atoms with Crippen LogP contribution in [0.1, 0.15) is 12.0 Å². The number of amides is 1. The van der Waals surface area contributed by atoms with Gasteiger partial charge in [-0.2, -0.15) is 17.0 Å². The molecule has 0 saturated carbocycles. The molecule has 0 radical (unpaired) electrons. The number of halogens is 1. The summed E-state index contributed by atoms with van der Waals surface area (Å²) < 4.78 is 0. The Morgan fingerprint density at radius 3 is 2.94 bits per heavy atom. The van der Waals surface area contributed by atoms with Crippen LogP contribution in [0.5, 0.6) is 0 Å². The predicted octanol–water partition coefficient (Wildman–Crippen LogP) is 2.23. The van der Waals surface area contributed by atoms with Gasteiger partial charge in [0, 0.05) is 0 Å². The van der Waals surface area contributed by atoms with Crippen molar-refractivity contribution in [3.05, 3.63) is 28.8 Å². The predicted molar refractivity (Wildman–Crippen MR) is 75.8 cm³/mol. The van der Waals surface area contributed by atoms with Gasteiger partial charge in [-0.25, -0.2) is 0 Å². The van der Waals surface area contributed by atoms with Crippen LogP contribution in [0.3, 0.4) is 0 Å². The molecule has 0 heterocycles. The van der Waals surface area contributed by atoms with E-state index in [9.17, 15) is 4.79 Å². The normalized spacial score (nSPS) is 11.7. The number of hydrogen-bond acceptors (Lipinski definition) is 4. The lowest BCUT2D eigenvalue weighted by Crippen LogP contribution is -2.36. The quantitative estimate of drug-likeness (QED) is 0.868. The van der Waals surface area contributed by atoms with Crippen LogP contribution in [-0.4, -0.2) is 24.0 Å². The molecule has 1 rings (SSSR count). The Morgan fingerprint density at radius 2 is 2.39 bits per heavy atom. The monoisotopic (exact) mass is 283 g/mol. The van der Waals surface area contributed by atoms with Crippen molar-refractivity contribution in [3.63, 3.8) is 0 Å². The van der Waals surface area contributed by atoms with Gasteiger partial charge < -0.3 is 11.1 Å². The van der Waals surface area contributed by atoms with Gasteiger partial charge >= 0.3 is 0 Å². The largest absolute Gasteiger partial charge is 0.323 e. The highest BCUT2D eigenvalue weighted by Crippen LogP contribution is 2.22. The van der Waals surface area contributed by atoms with Gasteiger partial charge in [-0.05, 0) is 36.6 Å². The van der Waals surface area contributed by atoms with Crippen molar-refractivity contribution >= 4 is 35.0 Å². The molecule has 0 saturated heterocycles. The molecule has 18 heavy (non-hydrogen) atoms. The highest BCUT2D eigenvalue weighted by Gasteiger charge is 2.14. The Labute approximate surface area is 115 Å². The van der Waals surface area contributed by atoms with Crippen LogP contribution >= 0.6 is 23.4 Å². The van der Waals surface area contributed by atoms with Crippen LogP contribution in [0.25, 0.3) is 0 Å². The van der Waals surface area contributed by atoms with Gasteiger partial charge in [0.1, 0.15) is 0 Å². The van der Waals surface area contributed by atoms with E-state index in [1.54, 1.807) is 23.9 Å². The van der Waals surface area contributed by atoms with Crippen LogP contribution in [0.4, 0.5) is 5.69 Å². The average molecular weight is 284 g/mol. The van der Waals surface area contributed by atoms with Gasteiger partial charge in [-0.3, -0.25) is 4.79 Å². The van der Waals surface area contributed by atoms with E-state index in [1.807, 2.05) is 12.3 Å². The van der Waals surface area contributed by atoms with Crippen molar-refractivity contribution in [1.82, 2.24) is 0 Å². The van der Waals surface area contributed by atoms with E-state index in [-0.39, 0.29) is 5.91 Å². The Hall–Kier alpha value is -1.22. The van der Waals surface area contributed by atoms with Crippen molar-refractivity contribution in [2.75, 3.05) is 17.3 Å². The van der Waals surface area contributed by atoms with Crippen LogP contribution in [-0.2, 0) is 4.79 Å². The Kier molecular flexibility index (Phi) is 5.99. The van der Waals surface area contributed by atoms with E-state index in [2.05, 4.69) is 5.32 Å². The smallest absolute Gasteiger partial charge is 0.241 e. The number of benzene rings is 1. The maximum absolute atomic E-state index is 11.8. The number of thioether (sulfide) groups is 1. The number of anilines is 1. The molecular formula is C12H14ClN3OS. The highest BCUT2D eigenvalue weighted by molar-refractivity contribution is 7.98. The van der Waals surface area contributed by atoms with Crippen molar-refractivity contribution in [3.8, 4) is 6.07 Å². The fourth-order valence-electron chi connectivity index (χ4n) is 1.29. The number of carbonyl (C=O) groups is 1. The lowest BCUT2D eigenvalue weighted by Gasteiger charge is -2.12. The third-order valence-electron chi connectivity index (χ3n) is 2.33. The van der Waals surface area contributed by atoms with Gasteiger partial charge in [0.2, 0.25) is 5.91 Å². The first kappa shape index (κ1) is 14.8. The molecule has 96 valence electrons. The van der Waals surface area contributed by atoms with E-state index in [0.29, 0.717) is 22.7 Å². The minimum absolute atomic E-state index is 0.268. The Morgan fingerprint density at radius 1 is 1.67 bits per heavy atom. The van der Waals surface area contributed by atoms with Gasteiger partial charge in [-0.15, -0.1) is 0 Å². The van der Waals surface area contributed by atoms with Crippen molar-refractivity contribution in [2.45, 2.75) is 12.5 Å². The van der Waals surface area contributed by atoms with E-state index in [0.717, 1.165) is 5.75 Å². The summed E-state index contributed by atoms with van der Waals surface area (Å²) in [6.07, 6.45) is 2.57. The Bertz CT molecular complexity index is 473. The molecule has 1 amide bonds. The minimum Gasteiger partial charge on any atom is -0.323 e. The van der Waals surface area contributed by atoms with E-state index >= 15 is 0 Å². The van der Waals surface area contributed by atoms with Crippen molar-refractivity contribution in [2.24, 2.45) is 5.73 Å². The van der Waals surface area contributed by atoms with Gasteiger partial charge in [0.15, 0.2) is 0 Å². The number of nitrogens with two attached hydrogens (primary N) is 1. The molecule has 0 spiro atoms. The van der Waals surface area contributed by atoms with Crippen LogP contribution < -0.4 is 11.1 Å². The third kappa shape index (κ3) is 4.22. The van der Waals surface area contributed by atoms with Crippen molar-refractivity contribution in [1.29, 1.82) is 5.26 Å². The Balaban J connectivity index is 2.67. The molecule has 0 unspecified atom stereocenters. The lowest BCUT2D eigenvalue weighted by molar-refractivity contribution is -0.117. The number of hydrogen-bond donors (Lipinski definition) is 2. The summed E-state index contributed by atoms with van der Waals surface area (Å²) in [5.74, 6) is 0.561. The number of nitrogens with zero attached hydrogens (tertiary/aromatic N) is 1. The molecule has 0 aliphatic rings. The molecule has 1 atom stereocenters. The molecule has 1 aromatic carbocycles. The SMILES string of the molecule is CSCC[C@@H](N)C(=O)Nc1ccc(C#N)cc1Cl. The maximum atomic E-state index is 11.8. The number of nitriles is 1. The van der Waals surface area contributed by atoms with Gasteiger partial charge in [0.05, 0.1) is 28.4 Å². The summed E-state index contributed by atoms with van der Waals surface area (Å²) in [4.78, 5) is 11.8. The second-order valence-corrected chi connectivity index (χ2v) is 5.08. The molecule has 0 fully saturated rings. The summed E-state index contributed by atoms with van der Waals surface area (Å²) in [6.45, 7) is 0. The number of nitrogens with one attached hydrogen (secondary N) is 1. The van der Waals surface area contributed by atoms with Crippen LogP contribution in [0.2, 0.25) is 5.02 Å². The molecule has 6 heteroatoms. The van der Waals surface area contributed by atoms with E-state index < -0.39 is 6.04 Å². The zero-order valence-electron chi connectivity index (χ0n) is 9.94. The second-order valence-electron chi connectivity index (χ2n) is 3.68. The van der Waals surface area contributed by atoms with Crippen molar-refractivity contribution < 1.29 is 4.79 Å². The number of carbonyl (C=O) groups excluding carboxylic acids is 1. The number of rotatable bonds is 5. The first-order chi connectivity index (χ1) is 8.58. The summed E-state index contributed by atoms with van der Waals surface area (Å²) in [5.41, 5.74) is 6.66. The zero-order valence-corrected chi connectivity index (χ0v) is 11.5. The average Bonchev–Trinajstić information content (AvgIpc) is 2.38. The molecule has 4 nitrogen and oxygen atoms in total. The molecule has 0 bridgehead atoms. The molecule has 0 aliphatic heterocycles. The molecular weight excluding hydrogens is 270 g/mol. The second kappa shape index (κ2) is 7.27. The summed E-state index contributed by atoms with van der Waals surface area (Å²) >= 11 is 7.59. The lowest BCUT2D eigenvalue weighted by atomic mass is 10.2. The maximum Gasteiger partial charge on any atom is 0.241 e. The zero-order chi connectivity index (χ0) is 13.5. The highest BCUT2D eigenvalue weighted by atomic mass is 35.5. The van der Waals surface area contributed by atoms with Gasteiger partial charge in [0.25, 0.3) is 0 Å². The molecule has 1 aromatic rings.